The standard InChI is InChI=1S/C15H22N2O3S/c1-11(2)20-13-7-4-6-12(14(13)17(18)19)16-10-15(21-3)8-5-9-15/h4,6-7,11,16H,5,8-10H2,1-3H3. The average Bonchev–Trinajstić information content (AvgIpc) is 2.37. The molecule has 1 aromatic rings. The molecule has 1 saturated carbocycles. The molecule has 0 bridgehead atoms. The highest BCUT2D eigenvalue weighted by Gasteiger charge is 2.36. The highest BCUT2D eigenvalue weighted by molar-refractivity contribution is 8.00. The van der Waals surface area contributed by atoms with Gasteiger partial charge in [-0.25, -0.2) is 0 Å². The number of nitrogens with one attached hydrogen (secondary N) is 1. The number of nitrogens with zero attached hydrogens (tertiary/aromatic N) is 1. The molecule has 21 heavy (non-hydrogen) atoms. The summed E-state index contributed by atoms with van der Waals surface area (Å²) in [6.07, 6.45) is 5.58. The molecule has 0 heterocycles. The third-order valence-electron chi connectivity index (χ3n) is 3.84. The fraction of sp³-hybridized carbons (Fsp3) is 0.600. The van der Waals surface area contributed by atoms with Crippen molar-refractivity contribution in [1.29, 1.82) is 0 Å². The van der Waals surface area contributed by atoms with Crippen LogP contribution >= 0.6 is 11.8 Å². The van der Waals surface area contributed by atoms with Crippen LogP contribution in [0, 0.1) is 10.1 Å². The zero-order valence-electron chi connectivity index (χ0n) is 12.7. The van der Waals surface area contributed by atoms with Gasteiger partial charge < -0.3 is 10.1 Å². The van der Waals surface area contributed by atoms with E-state index in [-0.39, 0.29) is 21.5 Å². The van der Waals surface area contributed by atoms with Crippen LogP contribution in [0.2, 0.25) is 0 Å². The number of nitro benzene ring substituents is 1. The topological polar surface area (TPSA) is 64.4 Å². The first-order valence-corrected chi connectivity index (χ1v) is 8.43. The Labute approximate surface area is 129 Å². The van der Waals surface area contributed by atoms with Crippen LogP contribution in [0.1, 0.15) is 33.1 Å². The lowest BCUT2D eigenvalue weighted by atomic mass is 9.84. The van der Waals surface area contributed by atoms with Gasteiger partial charge in [-0.3, -0.25) is 10.1 Å². The van der Waals surface area contributed by atoms with Gasteiger partial charge >= 0.3 is 5.69 Å². The molecule has 1 aliphatic carbocycles. The number of benzene rings is 1. The molecule has 1 fully saturated rings. The Morgan fingerprint density at radius 3 is 2.67 bits per heavy atom. The van der Waals surface area contributed by atoms with Crippen molar-refractivity contribution < 1.29 is 9.66 Å². The van der Waals surface area contributed by atoms with Crippen molar-refractivity contribution in [2.24, 2.45) is 0 Å². The van der Waals surface area contributed by atoms with Crippen molar-refractivity contribution >= 4 is 23.1 Å². The molecule has 0 spiro atoms. The van der Waals surface area contributed by atoms with Gasteiger partial charge in [-0.2, -0.15) is 11.8 Å². The van der Waals surface area contributed by atoms with E-state index in [2.05, 4.69) is 11.6 Å². The molecule has 5 nitrogen and oxygen atoms in total. The molecule has 1 aliphatic rings. The fourth-order valence-electron chi connectivity index (χ4n) is 2.48. The van der Waals surface area contributed by atoms with E-state index >= 15 is 0 Å². The number of hydrogen-bond donors (Lipinski definition) is 1. The largest absolute Gasteiger partial charge is 0.484 e. The molecule has 2 rings (SSSR count). The van der Waals surface area contributed by atoms with Gasteiger partial charge in [0.15, 0.2) is 5.75 Å². The van der Waals surface area contributed by atoms with Crippen LogP contribution in [0.4, 0.5) is 11.4 Å². The molecule has 0 radical (unpaired) electrons. The predicted molar refractivity (Wildman–Crippen MR) is 87.4 cm³/mol. The molecule has 0 saturated heterocycles. The molecule has 0 unspecified atom stereocenters. The maximum atomic E-state index is 11.4. The molecular formula is C15H22N2O3S. The van der Waals surface area contributed by atoms with Gasteiger partial charge in [0, 0.05) is 11.3 Å². The minimum Gasteiger partial charge on any atom is -0.484 e. The fourth-order valence-corrected chi connectivity index (χ4v) is 3.40. The van der Waals surface area contributed by atoms with Crippen LogP contribution in [0.15, 0.2) is 18.2 Å². The highest BCUT2D eigenvalue weighted by Crippen LogP contribution is 2.43. The molecular weight excluding hydrogens is 288 g/mol. The first kappa shape index (κ1) is 15.9. The second-order valence-electron chi connectivity index (χ2n) is 5.67. The summed E-state index contributed by atoms with van der Waals surface area (Å²) < 4.78 is 5.78. The van der Waals surface area contributed by atoms with E-state index in [0.717, 1.165) is 19.4 Å². The Balaban J connectivity index is 2.20. The maximum absolute atomic E-state index is 11.4. The second-order valence-corrected chi connectivity index (χ2v) is 6.94. The number of hydrogen-bond acceptors (Lipinski definition) is 5. The summed E-state index contributed by atoms with van der Waals surface area (Å²) in [6, 6.07) is 5.19. The van der Waals surface area contributed by atoms with E-state index in [0.29, 0.717) is 11.4 Å². The molecule has 1 N–H and O–H groups in total. The van der Waals surface area contributed by atoms with Gasteiger partial charge in [-0.15, -0.1) is 0 Å². The third kappa shape index (κ3) is 3.61. The molecule has 0 aromatic heterocycles. The smallest absolute Gasteiger partial charge is 0.333 e. The van der Waals surface area contributed by atoms with E-state index in [1.165, 1.54) is 6.42 Å². The summed E-state index contributed by atoms with van der Waals surface area (Å²) in [7, 11) is 0. The number of anilines is 1. The van der Waals surface area contributed by atoms with Crippen LogP contribution in [0.25, 0.3) is 0 Å². The Kier molecular flexibility index (Phi) is 4.98. The molecule has 1 aromatic carbocycles. The minimum atomic E-state index is -0.368. The Morgan fingerprint density at radius 2 is 2.19 bits per heavy atom. The van der Waals surface area contributed by atoms with Crippen LogP contribution < -0.4 is 10.1 Å². The lowest BCUT2D eigenvalue weighted by Gasteiger charge is -2.40. The van der Waals surface area contributed by atoms with Crippen molar-refractivity contribution in [3.05, 3.63) is 28.3 Å². The zero-order valence-corrected chi connectivity index (χ0v) is 13.5. The zero-order chi connectivity index (χ0) is 15.5. The normalized spacial score (nSPS) is 16.4. The summed E-state index contributed by atoms with van der Waals surface area (Å²) in [4.78, 5) is 11.0. The van der Waals surface area contributed by atoms with Crippen LogP contribution in [0.3, 0.4) is 0 Å². The van der Waals surface area contributed by atoms with Crippen molar-refractivity contribution in [3.8, 4) is 5.75 Å². The molecule has 0 amide bonds. The first-order chi connectivity index (χ1) is 9.97. The van der Waals surface area contributed by atoms with Crippen molar-refractivity contribution in [3.63, 3.8) is 0 Å². The van der Waals surface area contributed by atoms with E-state index in [4.69, 9.17) is 4.74 Å². The van der Waals surface area contributed by atoms with E-state index in [9.17, 15) is 10.1 Å². The number of ether oxygens (including phenoxy) is 1. The second kappa shape index (κ2) is 6.56. The third-order valence-corrected chi connectivity index (χ3v) is 5.26. The number of rotatable bonds is 7. The molecule has 116 valence electrons. The monoisotopic (exact) mass is 310 g/mol. The molecule has 0 atom stereocenters. The van der Waals surface area contributed by atoms with Crippen LogP contribution in [-0.2, 0) is 0 Å². The van der Waals surface area contributed by atoms with Crippen molar-refractivity contribution in [1.82, 2.24) is 0 Å². The van der Waals surface area contributed by atoms with E-state index in [1.54, 1.807) is 18.2 Å². The Bertz CT molecular complexity index is 510. The van der Waals surface area contributed by atoms with Gasteiger partial charge in [-0.1, -0.05) is 12.5 Å². The van der Waals surface area contributed by atoms with Gasteiger partial charge in [0.2, 0.25) is 0 Å². The predicted octanol–water partition coefficient (Wildman–Crippen LogP) is 4.08. The van der Waals surface area contributed by atoms with Gasteiger partial charge in [0.25, 0.3) is 0 Å². The number of nitro groups is 1. The average molecular weight is 310 g/mol. The summed E-state index contributed by atoms with van der Waals surface area (Å²) >= 11 is 1.84. The van der Waals surface area contributed by atoms with Crippen LogP contribution in [0.5, 0.6) is 5.75 Å². The van der Waals surface area contributed by atoms with Crippen molar-refractivity contribution in [2.45, 2.75) is 44.0 Å². The summed E-state index contributed by atoms with van der Waals surface area (Å²) in [5.74, 6) is 0.326. The summed E-state index contributed by atoms with van der Waals surface area (Å²) in [5, 5.41) is 14.6. The Hall–Kier alpha value is -1.43. The van der Waals surface area contributed by atoms with Gasteiger partial charge in [0.05, 0.1) is 11.0 Å². The summed E-state index contributed by atoms with van der Waals surface area (Å²) in [6.45, 7) is 4.47. The van der Waals surface area contributed by atoms with E-state index < -0.39 is 0 Å². The van der Waals surface area contributed by atoms with Crippen LogP contribution in [-0.4, -0.2) is 28.6 Å². The lowest BCUT2D eigenvalue weighted by molar-refractivity contribution is -0.385. The minimum absolute atomic E-state index is 0.0294. The maximum Gasteiger partial charge on any atom is 0.333 e. The lowest BCUT2D eigenvalue weighted by Crippen LogP contribution is -2.40. The quantitative estimate of drug-likeness (QED) is 0.607. The molecule has 6 heteroatoms. The number of thioether (sulfide) groups is 1. The highest BCUT2D eigenvalue weighted by atomic mass is 32.2. The van der Waals surface area contributed by atoms with E-state index in [1.807, 2.05) is 25.6 Å². The van der Waals surface area contributed by atoms with Crippen molar-refractivity contribution in [2.75, 3.05) is 18.1 Å². The number of para-hydroxylation sites is 1. The summed E-state index contributed by atoms with van der Waals surface area (Å²) in [5.41, 5.74) is 0.570. The first-order valence-electron chi connectivity index (χ1n) is 7.20. The van der Waals surface area contributed by atoms with Gasteiger partial charge in [-0.05, 0) is 45.1 Å². The van der Waals surface area contributed by atoms with Gasteiger partial charge in [0.1, 0.15) is 5.69 Å². The molecule has 0 aliphatic heterocycles. The Morgan fingerprint density at radius 1 is 1.48 bits per heavy atom. The SMILES string of the molecule is CSC1(CNc2cccc(OC(C)C)c2[N+](=O)[O-])CCC1.